The lowest BCUT2D eigenvalue weighted by molar-refractivity contribution is -0.360. The first kappa shape index (κ1) is 91.9. The van der Waals surface area contributed by atoms with Crippen LogP contribution in [0.2, 0.25) is 0 Å². The van der Waals surface area contributed by atoms with E-state index in [0.717, 1.165) is 89.9 Å². The van der Waals surface area contributed by atoms with Gasteiger partial charge in [-0.2, -0.15) is 0 Å². The Morgan fingerprint density at radius 3 is 1.19 bits per heavy atom. The molecule has 1 aliphatic carbocycles. The van der Waals surface area contributed by atoms with Crippen molar-refractivity contribution < 1.29 is 117 Å². The monoisotopic (exact) mass is 1450 g/mol. The summed E-state index contributed by atoms with van der Waals surface area (Å²) >= 11 is 0. The molecule has 2 saturated heterocycles. The Morgan fingerprint density at radius 1 is 0.410 bits per heavy atom. The van der Waals surface area contributed by atoms with Gasteiger partial charge in [0.15, 0.2) is 18.7 Å². The van der Waals surface area contributed by atoms with Crippen molar-refractivity contribution in [3.05, 3.63) is 12.2 Å². The van der Waals surface area contributed by atoms with Crippen LogP contribution in [0.4, 0.5) is 0 Å². The maximum Gasteiger partial charge on any atom is 0.472 e. The second-order valence-electron chi connectivity index (χ2n) is 28.7. The summed E-state index contributed by atoms with van der Waals surface area (Å²) in [7, 11) is -5.70. The molecule has 588 valence electrons. The predicted molar refractivity (Wildman–Crippen MR) is 379 cm³/mol. The molecule has 0 radical (unpaired) electrons. The zero-order chi connectivity index (χ0) is 73.3. The summed E-state index contributed by atoms with van der Waals surface area (Å²) in [6.07, 6.45) is 14.2. The topological polar surface area (TPSA) is 374 Å². The van der Waals surface area contributed by atoms with E-state index in [9.17, 15) is 74.9 Å². The van der Waals surface area contributed by atoms with Crippen LogP contribution >= 0.6 is 7.82 Å². The van der Waals surface area contributed by atoms with Crippen LogP contribution < -0.4 is 0 Å². The Hall–Kier alpha value is -2.30. The molecule has 0 aromatic rings. The lowest BCUT2D eigenvalue weighted by atomic mass is 9.84. The van der Waals surface area contributed by atoms with Crippen LogP contribution in [0.5, 0.6) is 0 Å². The fourth-order valence-corrected chi connectivity index (χ4v) is 14.1. The molecule has 19 unspecified atom stereocenters. The zero-order valence-corrected chi connectivity index (χ0v) is 62.6. The molecular formula is C75H139O24P. The van der Waals surface area contributed by atoms with Crippen molar-refractivity contribution in [2.24, 2.45) is 5.92 Å². The molecule has 100 heavy (non-hydrogen) atoms. The van der Waals surface area contributed by atoms with E-state index in [4.69, 9.17) is 42.2 Å². The van der Waals surface area contributed by atoms with Crippen LogP contribution in [0.3, 0.4) is 0 Å². The van der Waals surface area contributed by atoms with Gasteiger partial charge in [0.05, 0.1) is 13.2 Å². The largest absolute Gasteiger partial charge is 0.472 e. The van der Waals surface area contributed by atoms with E-state index in [1.165, 1.54) is 148 Å². The second-order valence-corrected chi connectivity index (χ2v) is 30.1. The molecule has 24 nitrogen and oxygen atoms in total. The van der Waals surface area contributed by atoms with Gasteiger partial charge in [-0.3, -0.25) is 23.4 Å². The van der Waals surface area contributed by atoms with Gasteiger partial charge >= 0.3 is 25.7 Å². The summed E-state index contributed by atoms with van der Waals surface area (Å²) in [4.78, 5) is 51.1. The molecule has 0 bridgehead atoms. The normalized spacial score (nSPS) is 27.7. The van der Waals surface area contributed by atoms with Gasteiger partial charge in [0.2, 0.25) is 0 Å². The molecule has 11 N–H and O–H groups in total. The van der Waals surface area contributed by atoms with Crippen molar-refractivity contribution in [2.75, 3.05) is 26.4 Å². The third kappa shape index (κ3) is 38.8. The Morgan fingerprint density at radius 2 is 0.760 bits per heavy atom. The maximum atomic E-state index is 14.4. The lowest BCUT2D eigenvalue weighted by Crippen LogP contribution is -2.69. The van der Waals surface area contributed by atoms with E-state index in [1.54, 1.807) is 0 Å². The smallest absolute Gasteiger partial charge is 0.463 e. The van der Waals surface area contributed by atoms with E-state index in [0.29, 0.717) is 31.6 Å². The summed E-state index contributed by atoms with van der Waals surface area (Å²) in [6.45, 7) is 5.78. The van der Waals surface area contributed by atoms with E-state index in [-0.39, 0.29) is 19.3 Å². The summed E-state index contributed by atoms with van der Waals surface area (Å²) in [5.74, 6) is -1.30. The Bertz CT molecular complexity index is 2130. The van der Waals surface area contributed by atoms with Crippen LogP contribution in [0, 0.1) is 5.92 Å². The van der Waals surface area contributed by atoms with E-state index >= 15 is 0 Å². The van der Waals surface area contributed by atoms with E-state index in [1.807, 2.05) is 0 Å². The highest BCUT2D eigenvalue weighted by molar-refractivity contribution is 7.47. The van der Waals surface area contributed by atoms with Crippen LogP contribution in [0.1, 0.15) is 310 Å². The van der Waals surface area contributed by atoms with Gasteiger partial charge in [-0.05, 0) is 50.9 Å². The molecule has 0 spiro atoms. The minimum Gasteiger partial charge on any atom is -0.463 e. The Balaban J connectivity index is 1.72. The van der Waals surface area contributed by atoms with Crippen molar-refractivity contribution in [1.82, 2.24) is 0 Å². The third-order valence-electron chi connectivity index (χ3n) is 19.7. The molecule has 0 amide bonds. The SMILES string of the molecule is CCCCCCCC/C=C\CCCCCC(=O)OC(COC(=O)CCCCCCCCC(C)CCCCCCCC)COP(=O)(O)OC1C(OC2OC(CO)C(O)C(O)C2O)C(O)C(O)C(O)C1OC1OC(COC(=O)CCCCCCCCCCCCCCCCCC)C(O)C(O)C1O. The lowest BCUT2D eigenvalue weighted by Gasteiger charge is -2.49. The van der Waals surface area contributed by atoms with Gasteiger partial charge < -0.3 is 89.1 Å². The van der Waals surface area contributed by atoms with Crippen LogP contribution in [-0.4, -0.2) is 204 Å². The van der Waals surface area contributed by atoms with Crippen LogP contribution in [0.15, 0.2) is 12.2 Å². The first-order chi connectivity index (χ1) is 48.2. The molecule has 3 fully saturated rings. The van der Waals surface area contributed by atoms with Gasteiger partial charge in [-0.25, -0.2) is 4.57 Å². The highest BCUT2D eigenvalue weighted by Gasteiger charge is 2.58. The Kier molecular flexibility index (Phi) is 51.5. The number of phosphoric ester groups is 1. The van der Waals surface area contributed by atoms with Gasteiger partial charge in [0, 0.05) is 19.3 Å². The quantitative estimate of drug-likeness (QED) is 0.00886. The molecule has 0 aromatic heterocycles. The molecule has 2 heterocycles. The number of carbonyl (C=O) groups is 3. The molecular weight excluding hydrogens is 1320 g/mol. The predicted octanol–water partition coefficient (Wildman–Crippen LogP) is 11.4. The number of carbonyl (C=O) groups excluding carboxylic acids is 3. The van der Waals surface area contributed by atoms with Gasteiger partial charge in [0.25, 0.3) is 0 Å². The highest BCUT2D eigenvalue weighted by atomic mass is 31.2. The second kappa shape index (κ2) is 56.1. The molecule has 19 atom stereocenters. The molecule has 2 aliphatic heterocycles. The van der Waals surface area contributed by atoms with Gasteiger partial charge in [-0.15, -0.1) is 0 Å². The highest BCUT2D eigenvalue weighted by Crippen LogP contribution is 2.49. The van der Waals surface area contributed by atoms with Crippen molar-refractivity contribution in [3.63, 3.8) is 0 Å². The van der Waals surface area contributed by atoms with Crippen LogP contribution in [-0.2, 0) is 61.2 Å². The molecule has 3 aliphatic rings. The summed E-state index contributed by atoms with van der Waals surface area (Å²) < 4.78 is 65.1. The number of aliphatic hydroxyl groups excluding tert-OH is 10. The summed E-state index contributed by atoms with van der Waals surface area (Å²) in [6, 6.07) is 0. The maximum absolute atomic E-state index is 14.4. The van der Waals surface area contributed by atoms with Crippen molar-refractivity contribution in [3.8, 4) is 0 Å². The number of phosphoric acid groups is 1. The average Bonchev–Trinajstić information content (AvgIpc) is 0.762. The number of hydrogen-bond donors (Lipinski definition) is 11. The first-order valence-corrected chi connectivity index (χ1v) is 40.9. The van der Waals surface area contributed by atoms with E-state index in [2.05, 4.69) is 39.8 Å². The van der Waals surface area contributed by atoms with Crippen LogP contribution in [0.25, 0.3) is 0 Å². The first-order valence-electron chi connectivity index (χ1n) is 39.4. The van der Waals surface area contributed by atoms with Crippen molar-refractivity contribution >= 4 is 25.7 Å². The van der Waals surface area contributed by atoms with Crippen molar-refractivity contribution in [2.45, 2.75) is 414 Å². The molecule has 25 heteroatoms. The third-order valence-corrected chi connectivity index (χ3v) is 20.7. The molecule has 3 rings (SSSR count). The minimum absolute atomic E-state index is 0.0319. The Labute approximate surface area is 599 Å². The average molecular weight is 1460 g/mol. The summed E-state index contributed by atoms with van der Waals surface area (Å²) in [5.41, 5.74) is 0. The number of unbranched alkanes of at least 4 members (excludes halogenated alkanes) is 34. The fourth-order valence-electron chi connectivity index (χ4n) is 13.2. The number of ether oxygens (including phenoxy) is 7. The van der Waals surface area contributed by atoms with Gasteiger partial charge in [-0.1, -0.05) is 258 Å². The minimum atomic E-state index is -5.70. The fraction of sp³-hybridized carbons (Fsp3) is 0.933. The number of esters is 3. The number of hydrogen-bond acceptors (Lipinski definition) is 23. The number of allylic oxidation sites excluding steroid dienone is 2. The van der Waals surface area contributed by atoms with Gasteiger partial charge in [0.1, 0.15) is 98.7 Å². The molecule has 0 aromatic carbocycles. The summed E-state index contributed by atoms with van der Waals surface area (Å²) in [5, 5.41) is 110. The number of aliphatic hydroxyl groups is 10. The van der Waals surface area contributed by atoms with E-state index < -0.39 is 156 Å². The standard InChI is InChI=1S/C75H139O24P/c1-5-8-11-14-17-19-21-23-24-25-27-28-30-32-38-44-49-60(78)92-54-58-63(81)65(83)70(88)75(96-58)98-72-68(86)66(84)67(85)71(97-74-69(87)64(82)62(80)57(51-76)95-74)73(72)99-100(89,90)93-53-56(94-61(79)50-45-40-33-31-29-26-22-20-18-15-12-9-6-2)52-91-59(77)48-43-39-35-34-37-42-47-55(4)46-41-36-16-13-10-7-3/h26,29,55-58,62-76,80-88H,5-25,27-28,30-54H2,1-4H3,(H,89,90)/b29-26-. The van der Waals surface area contributed by atoms with Crippen molar-refractivity contribution in [1.29, 1.82) is 0 Å². The number of rotatable bonds is 61. The zero-order valence-electron chi connectivity index (χ0n) is 61.7. The molecule has 1 saturated carbocycles.